The molecule has 62 valence electrons. The molecule has 1 aromatic heterocycles. The maximum atomic E-state index is 5.13. The summed E-state index contributed by atoms with van der Waals surface area (Å²) in [6.45, 7) is 2.04. The molecular formula is C8H14N2O. The van der Waals surface area contributed by atoms with Crippen molar-refractivity contribution >= 4 is 0 Å². The first-order valence-corrected chi connectivity index (χ1v) is 3.73. The van der Waals surface area contributed by atoms with Crippen LogP contribution in [0.5, 0.6) is 0 Å². The zero-order valence-corrected chi connectivity index (χ0v) is 7.24. The van der Waals surface area contributed by atoms with Crippen molar-refractivity contribution in [3.63, 3.8) is 0 Å². The van der Waals surface area contributed by atoms with Crippen molar-refractivity contribution in [1.82, 2.24) is 9.55 Å². The van der Waals surface area contributed by atoms with Gasteiger partial charge < -0.3 is 9.30 Å². The van der Waals surface area contributed by atoms with Gasteiger partial charge in [0.15, 0.2) is 0 Å². The Hall–Kier alpha value is -0.830. The Balaban J connectivity index is 2.56. The Labute approximate surface area is 67.0 Å². The molecule has 0 saturated heterocycles. The molecule has 0 amide bonds. The number of aryl methyl sites for hydroxylation is 1. The first-order valence-electron chi connectivity index (χ1n) is 3.73. The highest BCUT2D eigenvalue weighted by atomic mass is 16.5. The van der Waals surface area contributed by atoms with Crippen LogP contribution in [0.25, 0.3) is 0 Å². The first kappa shape index (κ1) is 8.27. The average molecular weight is 154 g/mol. The Bertz CT molecular complexity index is 220. The quantitative estimate of drug-likeness (QED) is 0.649. The second-order valence-electron chi connectivity index (χ2n) is 2.70. The summed E-state index contributed by atoms with van der Waals surface area (Å²) in [5, 5.41) is 0. The maximum absolute atomic E-state index is 5.13. The van der Waals surface area contributed by atoms with E-state index in [0.29, 0.717) is 0 Å². The van der Waals surface area contributed by atoms with Crippen LogP contribution in [0.1, 0.15) is 12.7 Å². The molecule has 0 radical (unpaired) electrons. The fraction of sp³-hybridized carbons (Fsp3) is 0.625. The van der Waals surface area contributed by atoms with Crippen LogP contribution in [-0.4, -0.2) is 22.8 Å². The molecule has 0 aromatic carbocycles. The summed E-state index contributed by atoms with van der Waals surface area (Å²) >= 11 is 0. The van der Waals surface area contributed by atoms with Crippen LogP contribution < -0.4 is 0 Å². The van der Waals surface area contributed by atoms with Crippen LogP contribution in [-0.2, 0) is 18.2 Å². The van der Waals surface area contributed by atoms with Crippen molar-refractivity contribution in [3.05, 3.63) is 18.2 Å². The van der Waals surface area contributed by atoms with Crippen molar-refractivity contribution in [1.29, 1.82) is 0 Å². The molecule has 0 aliphatic heterocycles. The molecular weight excluding hydrogens is 140 g/mol. The van der Waals surface area contributed by atoms with E-state index in [9.17, 15) is 0 Å². The van der Waals surface area contributed by atoms with E-state index < -0.39 is 0 Å². The summed E-state index contributed by atoms with van der Waals surface area (Å²) in [5.74, 6) is 1.07. The van der Waals surface area contributed by atoms with Gasteiger partial charge in [-0.2, -0.15) is 0 Å². The molecule has 1 rings (SSSR count). The van der Waals surface area contributed by atoms with Crippen LogP contribution >= 0.6 is 0 Å². The van der Waals surface area contributed by atoms with Crippen molar-refractivity contribution in [2.45, 2.75) is 19.4 Å². The van der Waals surface area contributed by atoms with Gasteiger partial charge in [0.2, 0.25) is 0 Å². The summed E-state index contributed by atoms with van der Waals surface area (Å²) in [6, 6.07) is 0. The van der Waals surface area contributed by atoms with E-state index in [2.05, 4.69) is 4.98 Å². The number of imidazole rings is 1. The van der Waals surface area contributed by atoms with Gasteiger partial charge in [0.1, 0.15) is 5.82 Å². The maximum Gasteiger partial charge on any atom is 0.110 e. The molecule has 0 saturated carbocycles. The number of ether oxygens (including phenoxy) is 1. The summed E-state index contributed by atoms with van der Waals surface area (Å²) < 4.78 is 7.13. The van der Waals surface area contributed by atoms with Gasteiger partial charge in [-0.3, -0.25) is 0 Å². The second kappa shape index (κ2) is 3.53. The zero-order valence-electron chi connectivity index (χ0n) is 7.24. The van der Waals surface area contributed by atoms with E-state index in [1.54, 1.807) is 13.3 Å². The monoisotopic (exact) mass is 154 g/mol. The van der Waals surface area contributed by atoms with Crippen LogP contribution in [0.3, 0.4) is 0 Å². The van der Waals surface area contributed by atoms with Crippen LogP contribution in [0.2, 0.25) is 0 Å². The molecule has 0 spiro atoms. The highest BCUT2D eigenvalue weighted by Crippen LogP contribution is 2.00. The summed E-state index contributed by atoms with van der Waals surface area (Å²) in [5.41, 5.74) is 0. The predicted molar refractivity (Wildman–Crippen MR) is 43.4 cm³/mol. The molecule has 0 aliphatic rings. The molecule has 1 atom stereocenters. The smallest absolute Gasteiger partial charge is 0.110 e. The minimum Gasteiger partial charge on any atom is -0.381 e. The Morgan fingerprint density at radius 1 is 1.73 bits per heavy atom. The zero-order chi connectivity index (χ0) is 8.27. The molecule has 0 aliphatic carbocycles. The van der Waals surface area contributed by atoms with Crippen molar-refractivity contribution in [3.8, 4) is 0 Å². The minimum absolute atomic E-state index is 0.246. The van der Waals surface area contributed by atoms with Gasteiger partial charge >= 0.3 is 0 Å². The lowest BCUT2D eigenvalue weighted by molar-refractivity contribution is 0.116. The van der Waals surface area contributed by atoms with Crippen LogP contribution in [0, 0.1) is 0 Å². The molecule has 1 aromatic rings. The molecule has 3 nitrogen and oxygen atoms in total. The van der Waals surface area contributed by atoms with E-state index in [1.807, 2.05) is 24.7 Å². The standard InChI is InChI=1S/C8H14N2O/c1-7(11-3)6-8-9-4-5-10(8)2/h4-5,7H,6H2,1-3H3. The lowest BCUT2D eigenvalue weighted by atomic mass is 10.3. The van der Waals surface area contributed by atoms with Crippen LogP contribution in [0.15, 0.2) is 12.4 Å². The average Bonchev–Trinajstić information content (AvgIpc) is 2.37. The summed E-state index contributed by atoms with van der Waals surface area (Å²) in [7, 11) is 3.71. The van der Waals surface area contributed by atoms with Gasteiger partial charge in [-0.25, -0.2) is 4.98 Å². The number of hydrogen-bond acceptors (Lipinski definition) is 2. The minimum atomic E-state index is 0.246. The SMILES string of the molecule is COC(C)Cc1nccn1C. The van der Waals surface area contributed by atoms with Gasteiger partial charge in [0.25, 0.3) is 0 Å². The van der Waals surface area contributed by atoms with E-state index >= 15 is 0 Å². The van der Waals surface area contributed by atoms with Gasteiger partial charge in [0.05, 0.1) is 6.10 Å². The predicted octanol–water partition coefficient (Wildman–Crippen LogP) is 0.997. The van der Waals surface area contributed by atoms with Gasteiger partial charge in [-0.1, -0.05) is 0 Å². The van der Waals surface area contributed by atoms with E-state index in [0.717, 1.165) is 12.2 Å². The normalized spacial score (nSPS) is 13.4. The fourth-order valence-electron chi connectivity index (χ4n) is 0.934. The molecule has 1 heterocycles. The van der Waals surface area contributed by atoms with E-state index in [1.165, 1.54) is 0 Å². The van der Waals surface area contributed by atoms with Gasteiger partial charge in [-0.15, -0.1) is 0 Å². The summed E-state index contributed by atoms with van der Waals surface area (Å²) in [6.07, 6.45) is 4.87. The lowest BCUT2D eigenvalue weighted by Crippen LogP contribution is -2.12. The second-order valence-corrected chi connectivity index (χ2v) is 2.70. The Morgan fingerprint density at radius 3 is 2.91 bits per heavy atom. The van der Waals surface area contributed by atoms with Crippen molar-refractivity contribution < 1.29 is 4.74 Å². The highest BCUT2D eigenvalue weighted by Gasteiger charge is 2.04. The van der Waals surface area contributed by atoms with Crippen LogP contribution in [0.4, 0.5) is 0 Å². The molecule has 0 N–H and O–H groups in total. The lowest BCUT2D eigenvalue weighted by Gasteiger charge is -2.08. The first-order chi connectivity index (χ1) is 5.24. The Kier molecular flexibility index (Phi) is 2.65. The number of rotatable bonds is 3. The molecule has 0 bridgehead atoms. The number of methoxy groups -OCH3 is 1. The topological polar surface area (TPSA) is 27.1 Å². The third kappa shape index (κ3) is 2.05. The molecule has 1 unspecified atom stereocenters. The van der Waals surface area contributed by atoms with Crippen molar-refractivity contribution in [2.75, 3.05) is 7.11 Å². The third-order valence-corrected chi connectivity index (χ3v) is 1.79. The van der Waals surface area contributed by atoms with Crippen molar-refractivity contribution in [2.24, 2.45) is 7.05 Å². The van der Waals surface area contributed by atoms with E-state index in [4.69, 9.17) is 4.74 Å². The summed E-state index contributed by atoms with van der Waals surface area (Å²) in [4.78, 5) is 4.19. The molecule has 11 heavy (non-hydrogen) atoms. The van der Waals surface area contributed by atoms with Gasteiger partial charge in [0, 0.05) is 33.0 Å². The third-order valence-electron chi connectivity index (χ3n) is 1.79. The largest absolute Gasteiger partial charge is 0.381 e. The number of hydrogen-bond donors (Lipinski definition) is 0. The fourth-order valence-corrected chi connectivity index (χ4v) is 0.934. The molecule has 0 fully saturated rings. The number of nitrogens with zero attached hydrogens (tertiary/aromatic N) is 2. The highest BCUT2D eigenvalue weighted by molar-refractivity contribution is 4.92. The Morgan fingerprint density at radius 2 is 2.45 bits per heavy atom. The number of aromatic nitrogens is 2. The van der Waals surface area contributed by atoms with Gasteiger partial charge in [-0.05, 0) is 6.92 Å². The van der Waals surface area contributed by atoms with E-state index in [-0.39, 0.29) is 6.10 Å². The molecule has 3 heteroatoms.